The number of amides is 1. The van der Waals surface area contributed by atoms with Gasteiger partial charge in [-0.2, -0.15) is 4.37 Å². The summed E-state index contributed by atoms with van der Waals surface area (Å²) in [6.07, 6.45) is 1.47. The third-order valence-electron chi connectivity index (χ3n) is 4.65. The molecule has 3 rings (SSSR count). The van der Waals surface area contributed by atoms with Crippen molar-refractivity contribution in [2.75, 3.05) is 50.8 Å². The molecule has 1 amide bonds. The molecule has 122 valence electrons. The Morgan fingerprint density at radius 2 is 2.00 bits per heavy atom. The van der Waals surface area contributed by atoms with Crippen molar-refractivity contribution in [1.29, 1.82) is 0 Å². The molecule has 2 aliphatic rings. The minimum absolute atomic E-state index is 0.200. The van der Waals surface area contributed by atoms with Crippen LogP contribution >= 0.6 is 11.5 Å². The average molecular weight is 325 g/mol. The summed E-state index contributed by atoms with van der Waals surface area (Å²) >= 11 is 1.42. The molecule has 7 nitrogen and oxygen atoms in total. The lowest BCUT2D eigenvalue weighted by molar-refractivity contribution is -0.147. The standard InChI is InChI=1S/C14H23N5O2S/c1-11-16-13(22-17-11)19-6-4-18(5-7-19)12(20)14(10-15)2-8-21-9-3-14/h2-10,15H2,1H3. The molecule has 0 aliphatic carbocycles. The number of nitrogens with two attached hydrogens (primary N) is 1. The summed E-state index contributed by atoms with van der Waals surface area (Å²) in [6.45, 7) is 6.62. The maximum atomic E-state index is 12.9. The number of anilines is 1. The number of ether oxygens (including phenoxy) is 1. The van der Waals surface area contributed by atoms with Crippen LogP contribution in [0.15, 0.2) is 0 Å². The van der Waals surface area contributed by atoms with E-state index in [0.29, 0.717) is 19.8 Å². The predicted octanol–water partition coefficient (Wildman–Crippen LogP) is 0.251. The number of nitrogens with zero attached hydrogens (tertiary/aromatic N) is 4. The first-order valence-corrected chi connectivity index (χ1v) is 8.54. The van der Waals surface area contributed by atoms with Crippen LogP contribution in [-0.4, -0.2) is 66.1 Å². The van der Waals surface area contributed by atoms with Gasteiger partial charge in [0.15, 0.2) is 0 Å². The van der Waals surface area contributed by atoms with E-state index < -0.39 is 5.41 Å². The number of piperazine rings is 1. The Morgan fingerprint density at radius 1 is 1.32 bits per heavy atom. The zero-order valence-electron chi connectivity index (χ0n) is 13.0. The van der Waals surface area contributed by atoms with Crippen LogP contribution in [0, 0.1) is 12.3 Å². The molecule has 2 N–H and O–H groups in total. The first-order chi connectivity index (χ1) is 10.6. The molecule has 1 aromatic rings. The fourth-order valence-electron chi connectivity index (χ4n) is 3.12. The second kappa shape index (κ2) is 6.47. The number of aryl methyl sites for hydroxylation is 1. The molecule has 0 aromatic carbocycles. The lowest BCUT2D eigenvalue weighted by atomic mass is 9.78. The Hall–Kier alpha value is -1.25. The number of aromatic nitrogens is 2. The van der Waals surface area contributed by atoms with Crippen molar-refractivity contribution in [1.82, 2.24) is 14.3 Å². The normalized spacial score (nSPS) is 21.9. The van der Waals surface area contributed by atoms with E-state index >= 15 is 0 Å². The number of hydrogen-bond donors (Lipinski definition) is 1. The molecule has 2 fully saturated rings. The highest BCUT2D eigenvalue weighted by Gasteiger charge is 2.42. The van der Waals surface area contributed by atoms with Gasteiger partial charge < -0.3 is 20.3 Å². The lowest BCUT2D eigenvalue weighted by Gasteiger charge is -2.42. The Morgan fingerprint density at radius 3 is 2.55 bits per heavy atom. The van der Waals surface area contributed by atoms with Crippen molar-refractivity contribution in [3.05, 3.63) is 5.82 Å². The van der Waals surface area contributed by atoms with Gasteiger partial charge in [0.1, 0.15) is 5.82 Å². The minimum atomic E-state index is -0.417. The van der Waals surface area contributed by atoms with Crippen LogP contribution < -0.4 is 10.6 Å². The third kappa shape index (κ3) is 2.95. The van der Waals surface area contributed by atoms with Crippen LogP contribution in [0.4, 0.5) is 5.13 Å². The summed E-state index contributed by atoms with van der Waals surface area (Å²) in [4.78, 5) is 21.5. The molecule has 8 heteroatoms. The van der Waals surface area contributed by atoms with Crippen molar-refractivity contribution >= 4 is 22.6 Å². The van der Waals surface area contributed by atoms with E-state index in [1.165, 1.54) is 11.5 Å². The molecule has 0 unspecified atom stereocenters. The van der Waals surface area contributed by atoms with Crippen molar-refractivity contribution in [3.63, 3.8) is 0 Å². The average Bonchev–Trinajstić information content (AvgIpc) is 3.01. The molecule has 0 saturated carbocycles. The van der Waals surface area contributed by atoms with Crippen molar-refractivity contribution in [2.24, 2.45) is 11.1 Å². The molecular weight excluding hydrogens is 302 g/mol. The minimum Gasteiger partial charge on any atom is -0.381 e. The van der Waals surface area contributed by atoms with Crippen molar-refractivity contribution in [3.8, 4) is 0 Å². The zero-order valence-corrected chi connectivity index (χ0v) is 13.8. The van der Waals surface area contributed by atoms with Gasteiger partial charge in [-0.3, -0.25) is 4.79 Å². The van der Waals surface area contributed by atoms with Crippen molar-refractivity contribution < 1.29 is 9.53 Å². The van der Waals surface area contributed by atoms with E-state index in [4.69, 9.17) is 10.5 Å². The Labute approximate surface area is 134 Å². The third-order valence-corrected chi connectivity index (χ3v) is 5.52. The highest BCUT2D eigenvalue weighted by atomic mass is 32.1. The van der Waals surface area contributed by atoms with E-state index in [0.717, 1.165) is 50.0 Å². The summed E-state index contributed by atoms with van der Waals surface area (Å²) < 4.78 is 9.61. The fourth-order valence-corrected chi connectivity index (χ4v) is 3.84. The lowest BCUT2D eigenvalue weighted by Crippen LogP contribution is -2.56. The van der Waals surface area contributed by atoms with E-state index in [1.807, 2.05) is 11.8 Å². The highest BCUT2D eigenvalue weighted by molar-refractivity contribution is 7.09. The molecule has 0 spiro atoms. The molecule has 0 bridgehead atoms. The quantitative estimate of drug-likeness (QED) is 0.857. The molecule has 3 heterocycles. The highest BCUT2D eigenvalue weighted by Crippen LogP contribution is 2.32. The van der Waals surface area contributed by atoms with Crippen LogP contribution in [-0.2, 0) is 9.53 Å². The molecule has 2 aliphatic heterocycles. The van der Waals surface area contributed by atoms with Gasteiger partial charge >= 0.3 is 0 Å². The summed E-state index contributed by atoms with van der Waals surface area (Å²) in [5.41, 5.74) is 5.52. The Bertz CT molecular complexity index is 521. The number of carbonyl (C=O) groups excluding carboxylic acids is 1. The van der Waals surface area contributed by atoms with E-state index in [2.05, 4.69) is 14.3 Å². The summed E-state index contributed by atoms with van der Waals surface area (Å²) in [7, 11) is 0. The first-order valence-electron chi connectivity index (χ1n) is 7.77. The largest absolute Gasteiger partial charge is 0.381 e. The van der Waals surface area contributed by atoms with Crippen LogP contribution in [0.25, 0.3) is 0 Å². The van der Waals surface area contributed by atoms with Gasteiger partial charge in [0.05, 0.1) is 5.41 Å². The topological polar surface area (TPSA) is 84.6 Å². The number of carbonyl (C=O) groups is 1. The Kier molecular flexibility index (Phi) is 4.60. The predicted molar refractivity (Wildman–Crippen MR) is 85.0 cm³/mol. The molecule has 0 radical (unpaired) electrons. The van der Waals surface area contributed by atoms with Gasteiger partial charge in [0, 0.05) is 57.5 Å². The van der Waals surface area contributed by atoms with Crippen molar-refractivity contribution in [2.45, 2.75) is 19.8 Å². The van der Waals surface area contributed by atoms with Crippen LogP contribution in [0.1, 0.15) is 18.7 Å². The van der Waals surface area contributed by atoms with Crippen LogP contribution in [0.3, 0.4) is 0 Å². The van der Waals surface area contributed by atoms with Gasteiger partial charge in [-0.15, -0.1) is 0 Å². The first kappa shape index (κ1) is 15.6. The van der Waals surface area contributed by atoms with Gasteiger partial charge in [-0.05, 0) is 19.8 Å². The Balaban J connectivity index is 1.61. The van der Waals surface area contributed by atoms with E-state index in [9.17, 15) is 4.79 Å². The molecule has 22 heavy (non-hydrogen) atoms. The summed E-state index contributed by atoms with van der Waals surface area (Å²) in [5, 5.41) is 0.948. The molecule has 0 atom stereocenters. The monoisotopic (exact) mass is 325 g/mol. The molecule has 2 saturated heterocycles. The molecular formula is C14H23N5O2S. The van der Waals surface area contributed by atoms with Gasteiger partial charge in [0.25, 0.3) is 0 Å². The SMILES string of the molecule is Cc1nsc(N2CCN(C(=O)C3(CN)CCOCC3)CC2)n1. The second-order valence-electron chi connectivity index (χ2n) is 6.00. The second-order valence-corrected chi connectivity index (χ2v) is 6.73. The summed E-state index contributed by atoms with van der Waals surface area (Å²) in [5.74, 6) is 1.01. The maximum absolute atomic E-state index is 12.9. The smallest absolute Gasteiger partial charge is 0.230 e. The van der Waals surface area contributed by atoms with Crippen LogP contribution in [0.5, 0.6) is 0 Å². The van der Waals surface area contributed by atoms with Gasteiger partial charge in [0.2, 0.25) is 11.0 Å². The van der Waals surface area contributed by atoms with Crippen LogP contribution in [0.2, 0.25) is 0 Å². The van der Waals surface area contributed by atoms with E-state index in [1.54, 1.807) is 0 Å². The summed E-state index contributed by atoms with van der Waals surface area (Å²) in [6, 6.07) is 0. The number of hydrogen-bond acceptors (Lipinski definition) is 7. The molecule has 1 aromatic heterocycles. The fraction of sp³-hybridized carbons (Fsp3) is 0.786. The number of rotatable bonds is 3. The zero-order chi connectivity index (χ0) is 15.6. The maximum Gasteiger partial charge on any atom is 0.230 e. The van der Waals surface area contributed by atoms with E-state index in [-0.39, 0.29) is 5.91 Å². The van der Waals surface area contributed by atoms with Gasteiger partial charge in [-0.1, -0.05) is 0 Å². The van der Waals surface area contributed by atoms with Gasteiger partial charge in [-0.25, -0.2) is 4.98 Å².